The summed E-state index contributed by atoms with van der Waals surface area (Å²) in [6.07, 6.45) is 0.471. The van der Waals surface area contributed by atoms with Crippen LogP contribution < -0.4 is 15.6 Å². The molecule has 32 heavy (non-hydrogen) atoms. The lowest BCUT2D eigenvalue weighted by molar-refractivity contribution is 0.103. The van der Waals surface area contributed by atoms with Crippen LogP contribution in [-0.4, -0.2) is 27.8 Å². The summed E-state index contributed by atoms with van der Waals surface area (Å²) in [6.45, 7) is 3.59. The van der Waals surface area contributed by atoms with Gasteiger partial charge in [-0.15, -0.1) is 0 Å². The number of nitrogens with zero attached hydrogens (tertiary/aromatic N) is 2. The molecule has 9 heteroatoms. The van der Waals surface area contributed by atoms with E-state index in [-0.39, 0.29) is 11.5 Å². The minimum Gasteiger partial charge on any atom is -0.497 e. The van der Waals surface area contributed by atoms with Gasteiger partial charge in [0, 0.05) is 34.5 Å². The fourth-order valence-corrected chi connectivity index (χ4v) is 4.36. The fraction of sp³-hybridized carbons (Fsp3) is 0.174. The number of hydrogen-bond donors (Lipinski definition) is 2. The molecule has 1 amide bonds. The molecule has 0 bridgehead atoms. The van der Waals surface area contributed by atoms with Crippen molar-refractivity contribution in [3.8, 4) is 10.9 Å². The lowest BCUT2D eigenvalue weighted by Crippen LogP contribution is -2.17. The fourth-order valence-electron chi connectivity index (χ4n) is 3.31. The Morgan fingerprint density at radius 2 is 1.97 bits per heavy atom. The lowest BCUT2D eigenvalue weighted by atomic mass is 10.1. The van der Waals surface area contributed by atoms with Gasteiger partial charge in [-0.1, -0.05) is 41.1 Å². The molecular formula is C23H21ClN4O3S. The topological polar surface area (TPSA) is 89.0 Å². The van der Waals surface area contributed by atoms with Gasteiger partial charge in [-0.05, 0) is 43.7 Å². The molecule has 0 saturated carbocycles. The Morgan fingerprint density at radius 1 is 1.22 bits per heavy atom. The van der Waals surface area contributed by atoms with E-state index in [4.69, 9.17) is 16.3 Å². The highest BCUT2D eigenvalue weighted by Gasteiger charge is 2.20. The summed E-state index contributed by atoms with van der Waals surface area (Å²) in [7, 11) is 1.57. The Bertz CT molecular complexity index is 1340. The number of amides is 1. The van der Waals surface area contributed by atoms with Gasteiger partial charge >= 0.3 is 0 Å². The van der Waals surface area contributed by atoms with Crippen molar-refractivity contribution in [3.63, 3.8) is 0 Å². The number of nitrogens with one attached hydrogen (secondary N) is 2. The molecule has 0 fully saturated rings. The second-order valence-electron chi connectivity index (χ2n) is 7.26. The first-order valence-electron chi connectivity index (χ1n) is 9.84. The number of halogens is 1. The quantitative estimate of drug-likeness (QED) is 0.427. The van der Waals surface area contributed by atoms with Gasteiger partial charge in [-0.25, -0.2) is 4.98 Å². The molecule has 0 aliphatic rings. The number of H-pyrrole nitrogens is 1. The summed E-state index contributed by atoms with van der Waals surface area (Å²) < 4.78 is 6.58. The van der Waals surface area contributed by atoms with Gasteiger partial charge in [0.1, 0.15) is 10.6 Å². The summed E-state index contributed by atoms with van der Waals surface area (Å²) in [5.74, 6) is 0.350. The normalized spacial score (nSPS) is 10.9. The molecule has 2 N–H and O–H groups in total. The molecule has 0 saturated heterocycles. The third-order valence-corrected chi connectivity index (χ3v) is 6.39. The molecule has 2 aromatic carbocycles. The molecule has 164 valence electrons. The minimum absolute atomic E-state index is 0.189. The van der Waals surface area contributed by atoms with Crippen LogP contribution >= 0.6 is 22.9 Å². The minimum atomic E-state index is -0.294. The highest BCUT2D eigenvalue weighted by atomic mass is 35.5. The molecule has 2 aromatic heterocycles. The van der Waals surface area contributed by atoms with Crippen LogP contribution in [0.4, 0.5) is 5.69 Å². The number of carbonyl (C=O) groups excluding carboxylic acids is 1. The van der Waals surface area contributed by atoms with E-state index in [0.717, 1.165) is 22.6 Å². The van der Waals surface area contributed by atoms with E-state index in [1.165, 1.54) is 4.68 Å². The van der Waals surface area contributed by atoms with Gasteiger partial charge in [0.05, 0.1) is 12.8 Å². The molecule has 0 atom stereocenters. The van der Waals surface area contributed by atoms with Crippen molar-refractivity contribution in [2.75, 3.05) is 12.4 Å². The first-order valence-corrected chi connectivity index (χ1v) is 11.0. The molecule has 4 aromatic rings. The maximum absolute atomic E-state index is 13.1. The first kappa shape index (κ1) is 21.9. The summed E-state index contributed by atoms with van der Waals surface area (Å²) in [6, 6.07) is 14.5. The molecule has 4 rings (SSSR count). The maximum atomic E-state index is 13.1. The zero-order valence-corrected chi connectivity index (χ0v) is 19.3. The van der Waals surface area contributed by atoms with E-state index in [2.05, 4.69) is 15.4 Å². The Balaban J connectivity index is 1.60. The van der Waals surface area contributed by atoms with Crippen molar-refractivity contribution in [1.29, 1.82) is 0 Å². The first-order chi connectivity index (χ1) is 15.4. The van der Waals surface area contributed by atoms with Crippen LogP contribution in [0.25, 0.3) is 5.13 Å². The zero-order valence-electron chi connectivity index (χ0n) is 17.7. The SMILES string of the molecule is COc1cccc(NC(=O)c2sc(-n3[nH]c(C)c(Cc4ccc(Cl)cc4)c3=O)nc2C)c1. The largest absolute Gasteiger partial charge is 0.497 e. The third-order valence-electron chi connectivity index (χ3n) is 5.00. The second-order valence-corrected chi connectivity index (χ2v) is 8.67. The van der Waals surface area contributed by atoms with E-state index in [1.807, 2.05) is 19.1 Å². The molecular weight excluding hydrogens is 448 g/mol. The van der Waals surface area contributed by atoms with Gasteiger partial charge in [0.15, 0.2) is 0 Å². The number of aromatic nitrogens is 3. The number of thiazole rings is 1. The Morgan fingerprint density at radius 3 is 2.69 bits per heavy atom. The van der Waals surface area contributed by atoms with Crippen molar-refractivity contribution in [2.45, 2.75) is 20.3 Å². The Labute approximate surface area is 193 Å². The van der Waals surface area contributed by atoms with Crippen LogP contribution in [0.3, 0.4) is 0 Å². The van der Waals surface area contributed by atoms with Crippen molar-refractivity contribution >= 4 is 34.5 Å². The predicted molar refractivity (Wildman–Crippen MR) is 127 cm³/mol. The van der Waals surface area contributed by atoms with Gasteiger partial charge in [0.2, 0.25) is 5.13 Å². The van der Waals surface area contributed by atoms with Crippen LogP contribution in [0.2, 0.25) is 5.02 Å². The molecule has 2 heterocycles. The summed E-state index contributed by atoms with van der Waals surface area (Å²) in [5.41, 5.74) is 3.34. The number of benzene rings is 2. The van der Waals surface area contributed by atoms with Gasteiger partial charge in [-0.2, -0.15) is 4.68 Å². The number of hydrogen-bond acceptors (Lipinski definition) is 5. The highest BCUT2D eigenvalue weighted by molar-refractivity contribution is 7.16. The third kappa shape index (κ3) is 4.46. The van der Waals surface area contributed by atoms with Crippen LogP contribution in [0.15, 0.2) is 53.3 Å². The predicted octanol–water partition coefficient (Wildman–Crippen LogP) is 4.74. The molecule has 0 radical (unpaired) electrons. The number of rotatable bonds is 6. The van der Waals surface area contributed by atoms with Crippen LogP contribution in [0.5, 0.6) is 5.75 Å². The Kier molecular flexibility index (Phi) is 6.16. The van der Waals surface area contributed by atoms with E-state index in [9.17, 15) is 9.59 Å². The number of carbonyl (C=O) groups is 1. The summed E-state index contributed by atoms with van der Waals surface area (Å²) in [4.78, 5) is 30.8. The molecule has 0 aliphatic heterocycles. The average molecular weight is 469 g/mol. The van der Waals surface area contributed by atoms with Crippen molar-refractivity contribution in [3.05, 3.63) is 91.3 Å². The van der Waals surface area contributed by atoms with Crippen molar-refractivity contribution in [2.24, 2.45) is 0 Å². The van der Waals surface area contributed by atoms with E-state index < -0.39 is 0 Å². The van der Waals surface area contributed by atoms with E-state index in [1.54, 1.807) is 50.4 Å². The Hall–Kier alpha value is -3.36. The summed E-state index contributed by atoms with van der Waals surface area (Å²) >= 11 is 7.11. The van der Waals surface area contributed by atoms with Crippen LogP contribution in [0, 0.1) is 13.8 Å². The number of ether oxygens (including phenoxy) is 1. The number of methoxy groups -OCH3 is 1. The standard InChI is InChI=1S/C23H21ClN4O3S/c1-13-19(11-15-7-9-16(24)10-8-15)22(30)28(27-13)23-25-14(2)20(32-23)21(29)26-17-5-4-6-18(12-17)31-3/h4-10,12,27H,11H2,1-3H3,(H,26,29). The summed E-state index contributed by atoms with van der Waals surface area (Å²) in [5, 5.41) is 6.99. The average Bonchev–Trinajstić information content (AvgIpc) is 3.30. The second kappa shape index (κ2) is 9.02. The molecule has 0 spiro atoms. The van der Waals surface area contributed by atoms with Crippen LogP contribution in [0.1, 0.15) is 32.2 Å². The van der Waals surface area contributed by atoms with Crippen LogP contribution in [-0.2, 0) is 6.42 Å². The van der Waals surface area contributed by atoms with Gasteiger partial charge < -0.3 is 10.1 Å². The van der Waals surface area contributed by atoms with E-state index >= 15 is 0 Å². The smallest absolute Gasteiger partial charge is 0.277 e. The maximum Gasteiger partial charge on any atom is 0.277 e. The number of aromatic amines is 1. The number of anilines is 1. The lowest BCUT2D eigenvalue weighted by Gasteiger charge is -2.06. The zero-order chi connectivity index (χ0) is 22.8. The van der Waals surface area contributed by atoms with Gasteiger partial charge in [0.25, 0.3) is 11.5 Å². The molecule has 7 nitrogen and oxygen atoms in total. The van der Waals surface area contributed by atoms with Crippen molar-refractivity contribution < 1.29 is 9.53 Å². The highest BCUT2D eigenvalue weighted by Crippen LogP contribution is 2.24. The molecule has 0 aliphatic carbocycles. The van der Waals surface area contributed by atoms with E-state index in [0.29, 0.717) is 44.1 Å². The van der Waals surface area contributed by atoms with Crippen molar-refractivity contribution in [1.82, 2.24) is 14.8 Å². The molecule has 0 unspecified atom stereocenters. The number of aryl methyl sites for hydroxylation is 2. The monoisotopic (exact) mass is 468 g/mol. The van der Waals surface area contributed by atoms with Gasteiger partial charge in [-0.3, -0.25) is 14.7 Å².